The molecule has 18 heavy (non-hydrogen) atoms. The quantitative estimate of drug-likeness (QED) is 0.262. The largest absolute Gasteiger partial charge is 0.409 e. The molecule has 1 aromatic carbocycles. The summed E-state index contributed by atoms with van der Waals surface area (Å²) in [6.07, 6.45) is 0. The van der Waals surface area contributed by atoms with Gasteiger partial charge < -0.3 is 20.4 Å². The Kier molecular flexibility index (Phi) is 6.49. The Morgan fingerprint density at radius 1 is 1.39 bits per heavy atom. The summed E-state index contributed by atoms with van der Waals surface area (Å²) < 4.78 is 10.6. The molecule has 0 aliphatic heterocycles. The highest BCUT2D eigenvalue weighted by molar-refractivity contribution is 6.31. The van der Waals surface area contributed by atoms with Crippen molar-refractivity contribution in [3.05, 3.63) is 34.3 Å². The summed E-state index contributed by atoms with van der Waals surface area (Å²) in [6.45, 7) is 4.10. The summed E-state index contributed by atoms with van der Waals surface area (Å²) in [6, 6.07) is 5.15. The summed E-state index contributed by atoms with van der Waals surface area (Å²) in [5, 5.41) is 12.0. The molecule has 0 unspecified atom stereocenters. The maximum absolute atomic E-state index is 8.55. The molecule has 0 heterocycles. The number of oxime groups is 1. The van der Waals surface area contributed by atoms with Gasteiger partial charge in [-0.25, -0.2) is 0 Å². The zero-order valence-electron chi connectivity index (χ0n) is 10.2. The van der Waals surface area contributed by atoms with E-state index in [-0.39, 0.29) is 5.84 Å². The van der Waals surface area contributed by atoms with Gasteiger partial charge in [-0.2, -0.15) is 0 Å². The van der Waals surface area contributed by atoms with Gasteiger partial charge in [0.05, 0.1) is 19.8 Å². The third-order valence-corrected chi connectivity index (χ3v) is 2.64. The van der Waals surface area contributed by atoms with Crippen molar-refractivity contribution in [1.29, 1.82) is 0 Å². The van der Waals surface area contributed by atoms with Crippen molar-refractivity contribution in [2.45, 2.75) is 13.5 Å². The second kappa shape index (κ2) is 7.92. The molecule has 0 spiro atoms. The second-order valence-corrected chi connectivity index (χ2v) is 3.95. The van der Waals surface area contributed by atoms with Gasteiger partial charge in [0.15, 0.2) is 5.84 Å². The van der Waals surface area contributed by atoms with Gasteiger partial charge in [0.2, 0.25) is 0 Å². The highest BCUT2D eigenvalue weighted by Gasteiger charge is 2.05. The van der Waals surface area contributed by atoms with E-state index in [2.05, 4.69) is 5.16 Å². The fourth-order valence-electron chi connectivity index (χ4n) is 1.33. The van der Waals surface area contributed by atoms with Crippen molar-refractivity contribution in [1.82, 2.24) is 0 Å². The molecule has 0 saturated heterocycles. The van der Waals surface area contributed by atoms with E-state index in [4.69, 9.17) is 32.0 Å². The van der Waals surface area contributed by atoms with Gasteiger partial charge in [-0.15, -0.1) is 0 Å². The van der Waals surface area contributed by atoms with E-state index in [1.165, 1.54) is 0 Å². The number of nitrogens with zero attached hydrogens (tertiary/aromatic N) is 1. The van der Waals surface area contributed by atoms with Gasteiger partial charge in [-0.3, -0.25) is 0 Å². The predicted octanol–water partition coefficient (Wildman–Crippen LogP) is 1.99. The summed E-state index contributed by atoms with van der Waals surface area (Å²) in [4.78, 5) is 0. The second-order valence-electron chi connectivity index (χ2n) is 3.54. The highest BCUT2D eigenvalue weighted by atomic mass is 35.5. The van der Waals surface area contributed by atoms with Crippen LogP contribution in [0, 0.1) is 0 Å². The number of hydrogen-bond acceptors (Lipinski definition) is 4. The van der Waals surface area contributed by atoms with Crippen LogP contribution in [0.3, 0.4) is 0 Å². The molecule has 0 aliphatic carbocycles. The molecule has 5 nitrogen and oxygen atoms in total. The smallest absolute Gasteiger partial charge is 0.170 e. The Labute approximate surface area is 111 Å². The van der Waals surface area contributed by atoms with Crippen LogP contribution in [0.1, 0.15) is 18.1 Å². The first-order valence-electron chi connectivity index (χ1n) is 5.60. The minimum Gasteiger partial charge on any atom is -0.409 e. The summed E-state index contributed by atoms with van der Waals surface area (Å²) in [7, 11) is 0. The van der Waals surface area contributed by atoms with E-state index >= 15 is 0 Å². The lowest BCUT2D eigenvalue weighted by Crippen LogP contribution is -2.13. The van der Waals surface area contributed by atoms with Crippen LogP contribution >= 0.6 is 11.6 Å². The lowest BCUT2D eigenvalue weighted by Gasteiger charge is -2.08. The van der Waals surface area contributed by atoms with Gasteiger partial charge in [0, 0.05) is 17.2 Å². The lowest BCUT2D eigenvalue weighted by atomic mass is 10.1. The van der Waals surface area contributed by atoms with Crippen LogP contribution in [0.5, 0.6) is 0 Å². The molecular weight excluding hydrogens is 256 g/mol. The minimum atomic E-state index is 0.0284. The number of ether oxygens (including phenoxy) is 2. The first-order chi connectivity index (χ1) is 8.69. The Bertz CT molecular complexity index is 410. The van der Waals surface area contributed by atoms with E-state index in [9.17, 15) is 0 Å². The van der Waals surface area contributed by atoms with Crippen LogP contribution in [0.2, 0.25) is 5.02 Å². The van der Waals surface area contributed by atoms with E-state index in [0.717, 1.165) is 5.56 Å². The molecule has 1 aromatic rings. The molecule has 100 valence electrons. The predicted molar refractivity (Wildman–Crippen MR) is 70.1 cm³/mol. The van der Waals surface area contributed by atoms with Crippen LogP contribution in [0.4, 0.5) is 0 Å². The molecule has 0 atom stereocenters. The molecule has 0 bridgehead atoms. The van der Waals surface area contributed by atoms with E-state index in [0.29, 0.717) is 37.0 Å². The van der Waals surface area contributed by atoms with Crippen molar-refractivity contribution in [3.8, 4) is 0 Å². The lowest BCUT2D eigenvalue weighted by molar-refractivity contribution is 0.0453. The SMILES string of the molecule is CCOCCOCc1ccc(/C(N)=N/O)cc1Cl. The molecule has 0 amide bonds. The fraction of sp³-hybridized carbons (Fsp3) is 0.417. The fourth-order valence-corrected chi connectivity index (χ4v) is 1.56. The van der Waals surface area contributed by atoms with Crippen LogP contribution in [0.15, 0.2) is 23.4 Å². The first kappa shape index (κ1) is 14.8. The third kappa shape index (κ3) is 4.52. The highest BCUT2D eigenvalue weighted by Crippen LogP contribution is 2.18. The average molecular weight is 273 g/mol. The van der Waals surface area contributed by atoms with E-state index < -0.39 is 0 Å². The normalized spacial score (nSPS) is 11.8. The van der Waals surface area contributed by atoms with Crippen molar-refractivity contribution in [2.24, 2.45) is 10.9 Å². The Morgan fingerprint density at radius 3 is 2.72 bits per heavy atom. The van der Waals surface area contributed by atoms with Crippen molar-refractivity contribution < 1.29 is 14.7 Å². The molecule has 6 heteroatoms. The van der Waals surface area contributed by atoms with Crippen LogP contribution in [-0.2, 0) is 16.1 Å². The molecule has 1 rings (SSSR count). The first-order valence-corrected chi connectivity index (χ1v) is 5.98. The molecule has 0 saturated carbocycles. The zero-order chi connectivity index (χ0) is 13.4. The van der Waals surface area contributed by atoms with Gasteiger partial charge in [0.1, 0.15) is 0 Å². The number of hydrogen-bond donors (Lipinski definition) is 2. The van der Waals surface area contributed by atoms with Crippen molar-refractivity contribution >= 4 is 17.4 Å². The number of benzene rings is 1. The average Bonchev–Trinajstić information content (AvgIpc) is 2.39. The molecule has 0 radical (unpaired) electrons. The number of halogens is 1. The molecule has 0 aliphatic rings. The topological polar surface area (TPSA) is 77.1 Å². The van der Waals surface area contributed by atoms with Gasteiger partial charge in [-0.1, -0.05) is 28.9 Å². The van der Waals surface area contributed by atoms with Crippen molar-refractivity contribution in [3.63, 3.8) is 0 Å². The summed E-state index contributed by atoms with van der Waals surface area (Å²) in [5.41, 5.74) is 6.88. The van der Waals surface area contributed by atoms with Crippen LogP contribution < -0.4 is 5.73 Å². The summed E-state index contributed by atoms with van der Waals surface area (Å²) in [5.74, 6) is 0.0284. The Hall–Kier alpha value is -1.30. The maximum atomic E-state index is 8.55. The Morgan fingerprint density at radius 2 is 2.11 bits per heavy atom. The number of rotatable bonds is 7. The monoisotopic (exact) mass is 272 g/mol. The van der Waals surface area contributed by atoms with Gasteiger partial charge >= 0.3 is 0 Å². The maximum Gasteiger partial charge on any atom is 0.170 e. The minimum absolute atomic E-state index is 0.0284. The van der Waals surface area contributed by atoms with Crippen LogP contribution in [-0.4, -0.2) is 30.9 Å². The molecule has 0 fully saturated rings. The Balaban J connectivity index is 2.52. The summed E-state index contributed by atoms with van der Waals surface area (Å²) >= 11 is 6.07. The number of amidine groups is 1. The molecule has 3 N–H and O–H groups in total. The standard InChI is InChI=1S/C12H17ClN2O3/c1-2-17-5-6-18-8-10-4-3-9(7-11(10)13)12(14)15-16/h3-4,7,16H,2,5-6,8H2,1H3,(H2,14,15). The third-order valence-electron chi connectivity index (χ3n) is 2.29. The number of nitrogens with two attached hydrogens (primary N) is 1. The van der Waals surface area contributed by atoms with E-state index in [1.807, 2.05) is 6.92 Å². The van der Waals surface area contributed by atoms with Gasteiger partial charge in [-0.05, 0) is 18.6 Å². The van der Waals surface area contributed by atoms with Crippen LogP contribution in [0.25, 0.3) is 0 Å². The van der Waals surface area contributed by atoms with E-state index in [1.54, 1.807) is 18.2 Å². The molecule has 0 aromatic heterocycles. The van der Waals surface area contributed by atoms with Gasteiger partial charge in [0.25, 0.3) is 0 Å². The zero-order valence-corrected chi connectivity index (χ0v) is 11.0. The molecular formula is C12H17ClN2O3. The van der Waals surface area contributed by atoms with Crippen molar-refractivity contribution in [2.75, 3.05) is 19.8 Å².